The average Bonchev–Trinajstić information content (AvgIpc) is 3.23. The monoisotopic (exact) mass is 493 g/mol. The van der Waals surface area contributed by atoms with Gasteiger partial charge in [-0.2, -0.15) is 0 Å². The standard InChI is InChI=1S/C28H20BrN3O/c1-18(29)31-28(21-8-3-2-4-9-21)32-27(30)20-16-14-19(15-17-20)22-11-7-12-24-23-10-5-6-13-25(23)33-26(22)24/h2-17H,1H2,(H2,30,31,32). The van der Waals surface area contributed by atoms with E-state index in [1.165, 1.54) is 0 Å². The van der Waals surface area contributed by atoms with Crippen LogP contribution in [0, 0.1) is 0 Å². The van der Waals surface area contributed by atoms with E-state index in [-0.39, 0.29) is 0 Å². The van der Waals surface area contributed by atoms with Gasteiger partial charge in [0.05, 0.1) is 0 Å². The summed E-state index contributed by atoms with van der Waals surface area (Å²) in [6.45, 7) is 3.80. The van der Waals surface area contributed by atoms with Crippen molar-refractivity contribution in [3.8, 4) is 11.1 Å². The summed E-state index contributed by atoms with van der Waals surface area (Å²) in [7, 11) is 0. The molecule has 5 rings (SSSR count). The third-order valence-corrected chi connectivity index (χ3v) is 5.56. The highest BCUT2D eigenvalue weighted by Gasteiger charge is 2.12. The predicted octanol–water partition coefficient (Wildman–Crippen LogP) is 7.27. The van der Waals surface area contributed by atoms with Gasteiger partial charge in [-0.05, 0) is 27.6 Å². The van der Waals surface area contributed by atoms with E-state index in [1.807, 2.05) is 72.8 Å². The zero-order valence-corrected chi connectivity index (χ0v) is 19.3. The van der Waals surface area contributed by atoms with Crippen molar-refractivity contribution in [1.29, 1.82) is 0 Å². The molecule has 0 spiro atoms. The number of hydrogen-bond donors (Lipinski definition) is 1. The molecule has 2 N–H and O–H groups in total. The number of hydrogen-bond acceptors (Lipinski definition) is 2. The van der Waals surface area contributed by atoms with Crippen LogP contribution in [0.15, 0.2) is 123 Å². The quantitative estimate of drug-likeness (QED) is 0.162. The van der Waals surface area contributed by atoms with Crippen LogP contribution in [-0.2, 0) is 0 Å². The number of benzene rings is 4. The molecule has 0 fully saturated rings. The molecular weight excluding hydrogens is 474 g/mol. The van der Waals surface area contributed by atoms with Gasteiger partial charge in [0.1, 0.15) is 21.6 Å². The maximum atomic E-state index is 6.34. The van der Waals surface area contributed by atoms with Crippen molar-refractivity contribution in [2.24, 2.45) is 15.7 Å². The molecule has 160 valence electrons. The third-order valence-electron chi connectivity index (χ3n) is 5.38. The first-order valence-corrected chi connectivity index (χ1v) is 11.2. The Bertz CT molecular complexity index is 1530. The number of nitrogens with zero attached hydrogens (tertiary/aromatic N) is 2. The van der Waals surface area contributed by atoms with Crippen LogP contribution < -0.4 is 5.73 Å². The molecule has 0 unspecified atom stereocenters. The number of nitrogens with two attached hydrogens (primary N) is 1. The second-order valence-electron chi connectivity index (χ2n) is 7.53. The Kier molecular flexibility index (Phi) is 5.63. The van der Waals surface area contributed by atoms with Crippen LogP contribution in [0.4, 0.5) is 0 Å². The van der Waals surface area contributed by atoms with Crippen molar-refractivity contribution in [1.82, 2.24) is 0 Å². The van der Waals surface area contributed by atoms with E-state index in [4.69, 9.17) is 10.2 Å². The largest absolute Gasteiger partial charge is 0.455 e. The number of halogens is 1. The second-order valence-corrected chi connectivity index (χ2v) is 8.45. The Morgan fingerprint density at radius 3 is 2.18 bits per heavy atom. The van der Waals surface area contributed by atoms with Gasteiger partial charge in [0.2, 0.25) is 0 Å². The van der Waals surface area contributed by atoms with E-state index in [0.29, 0.717) is 16.3 Å². The van der Waals surface area contributed by atoms with Gasteiger partial charge in [-0.3, -0.25) is 0 Å². The number of para-hydroxylation sites is 2. The zero-order valence-electron chi connectivity index (χ0n) is 17.7. The fourth-order valence-corrected chi connectivity index (χ4v) is 4.00. The highest BCUT2D eigenvalue weighted by atomic mass is 79.9. The van der Waals surface area contributed by atoms with Crippen LogP contribution >= 0.6 is 15.9 Å². The van der Waals surface area contributed by atoms with Gasteiger partial charge in [0.25, 0.3) is 0 Å². The van der Waals surface area contributed by atoms with Gasteiger partial charge in [0.15, 0.2) is 5.84 Å². The molecule has 0 aliphatic rings. The molecule has 0 amide bonds. The van der Waals surface area contributed by atoms with E-state index in [2.05, 4.69) is 56.8 Å². The summed E-state index contributed by atoms with van der Waals surface area (Å²) >= 11 is 3.29. The summed E-state index contributed by atoms with van der Waals surface area (Å²) in [4.78, 5) is 8.97. The molecule has 0 saturated heterocycles. The van der Waals surface area contributed by atoms with E-state index >= 15 is 0 Å². The summed E-state index contributed by atoms with van der Waals surface area (Å²) in [6.07, 6.45) is 0. The Labute approximate surface area is 199 Å². The van der Waals surface area contributed by atoms with Crippen LogP contribution in [0.5, 0.6) is 0 Å². The Morgan fingerprint density at radius 1 is 0.727 bits per heavy atom. The van der Waals surface area contributed by atoms with Gasteiger partial charge >= 0.3 is 0 Å². The second kappa shape index (κ2) is 8.88. The Hall–Kier alpha value is -3.96. The lowest BCUT2D eigenvalue weighted by molar-refractivity contribution is 0.670. The molecule has 4 nitrogen and oxygen atoms in total. The van der Waals surface area contributed by atoms with Crippen LogP contribution in [0.3, 0.4) is 0 Å². The lowest BCUT2D eigenvalue weighted by atomic mass is 10.0. The lowest BCUT2D eigenvalue weighted by Gasteiger charge is -2.07. The van der Waals surface area contributed by atoms with Crippen LogP contribution in [0.1, 0.15) is 11.1 Å². The first-order valence-electron chi connectivity index (χ1n) is 10.4. The summed E-state index contributed by atoms with van der Waals surface area (Å²) in [5, 5.41) is 2.22. The lowest BCUT2D eigenvalue weighted by Crippen LogP contribution is -2.16. The van der Waals surface area contributed by atoms with E-state index in [9.17, 15) is 0 Å². The van der Waals surface area contributed by atoms with Crippen molar-refractivity contribution in [2.45, 2.75) is 0 Å². The SMILES string of the molecule is C=C(Br)/N=C(\N=C(/N)c1ccc(-c2cccc3c2oc2ccccc23)cc1)c1ccccc1. The Morgan fingerprint density at radius 2 is 1.42 bits per heavy atom. The normalized spacial score (nSPS) is 12.4. The maximum Gasteiger partial charge on any atom is 0.162 e. The number of furan rings is 1. The first kappa shape index (κ1) is 20.9. The smallest absolute Gasteiger partial charge is 0.162 e. The van der Waals surface area contributed by atoms with Crippen molar-refractivity contribution in [3.05, 3.63) is 119 Å². The van der Waals surface area contributed by atoms with Crippen LogP contribution in [0.25, 0.3) is 33.1 Å². The number of fused-ring (bicyclic) bond motifs is 3. The molecule has 0 aliphatic heterocycles. The highest BCUT2D eigenvalue weighted by Crippen LogP contribution is 2.35. The predicted molar refractivity (Wildman–Crippen MR) is 141 cm³/mol. The molecular formula is C28H20BrN3O. The summed E-state index contributed by atoms with van der Waals surface area (Å²) < 4.78 is 6.66. The van der Waals surface area contributed by atoms with Crippen LogP contribution in [-0.4, -0.2) is 11.7 Å². The van der Waals surface area contributed by atoms with E-state index < -0.39 is 0 Å². The third kappa shape index (κ3) is 4.23. The van der Waals surface area contributed by atoms with E-state index in [1.54, 1.807) is 0 Å². The molecule has 5 aromatic rings. The minimum absolute atomic E-state index is 0.375. The summed E-state index contributed by atoms with van der Waals surface area (Å²) in [5.41, 5.74) is 11.8. The molecule has 5 heteroatoms. The molecule has 1 aromatic heterocycles. The zero-order chi connectivity index (χ0) is 22.8. The number of rotatable bonds is 4. The molecule has 0 saturated carbocycles. The van der Waals surface area contributed by atoms with Gasteiger partial charge in [-0.15, -0.1) is 0 Å². The number of amidine groups is 2. The first-order chi connectivity index (χ1) is 16.1. The molecule has 4 aromatic carbocycles. The average molecular weight is 494 g/mol. The molecule has 0 atom stereocenters. The van der Waals surface area contributed by atoms with Gasteiger partial charge in [-0.1, -0.05) is 97.6 Å². The van der Waals surface area contributed by atoms with Crippen molar-refractivity contribution < 1.29 is 4.42 Å². The highest BCUT2D eigenvalue weighted by molar-refractivity contribution is 9.11. The minimum atomic E-state index is 0.375. The minimum Gasteiger partial charge on any atom is -0.455 e. The summed E-state index contributed by atoms with van der Waals surface area (Å²) in [5.74, 6) is 0.867. The molecule has 0 aliphatic carbocycles. The Balaban J connectivity index is 1.51. The molecule has 0 radical (unpaired) electrons. The van der Waals surface area contributed by atoms with Gasteiger partial charge in [0, 0.05) is 27.5 Å². The fraction of sp³-hybridized carbons (Fsp3) is 0. The van der Waals surface area contributed by atoms with Crippen molar-refractivity contribution in [3.63, 3.8) is 0 Å². The van der Waals surface area contributed by atoms with Crippen LogP contribution in [0.2, 0.25) is 0 Å². The topological polar surface area (TPSA) is 63.9 Å². The number of aliphatic imine (C=N–C) groups is 2. The molecule has 1 heterocycles. The van der Waals surface area contributed by atoms with E-state index in [0.717, 1.165) is 44.2 Å². The van der Waals surface area contributed by atoms with Crippen molar-refractivity contribution >= 4 is 49.5 Å². The van der Waals surface area contributed by atoms with Gasteiger partial charge < -0.3 is 10.2 Å². The maximum absolute atomic E-state index is 6.34. The van der Waals surface area contributed by atoms with Crippen molar-refractivity contribution in [2.75, 3.05) is 0 Å². The molecule has 33 heavy (non-hydrogen) atoms. The van der Waals surface area contributed by atoms with Gasteiger partial charge in [-0.25, -0.2) is 9.98 Å². The fourth-order valence-electron chi connectivity index (χ4n) is 3.83. The molecule has 0 bridgehead atoms. The summed E-state index contributed by atoms with van der Waals surface area (Å²) in [6, 6.07) is 32.0.